The average molecular weight is 1500 g/mol. The van der Waals surface area contributed by atoms with Crippen molar-refractivity contribution in [3.63, 3.8) is 0 Å². The van der Waals surface area contributed by atoms with Gasteiger partial charge in [0.1, 0.15) is 5.54 Å². The third-order valence-electron chi connectivity index (χ3n) is 15.2. The molecule has 7 aromatic rings. The van der Waals surface area contributed by atoms with Crippen molar-refractivity contribution in [3.8, 4) is 0 Å². The lowest BCUT2D eigenvalue weighted by molar-refractivity contribution is -0.124. The van der Waals surface area contributed by atoms with Crippen molar-refractivity contribution >= 4 is 198 Å². The van der Waals surface area contributed by atoms with Crippen LogP contribution in [-0.4, -0.2) is 74.8 Å². The maximum atomic E-state index is 12.7. The van der Waals surface area contributed by atoms with Gasteiger partial charge in [0.2, 0.25) is 0 Å². The topological polar surface area (TPSA) is 273 Å². The van der Waals surface area contributed by atoms with Crippen LogP contribution >= 0.6 is 139 Å². The molecule has 4 atom stereocenters. The van der Waals surface area contributed by atoms with E-state index in [1.165, 1.54) is 48.4 Å². The van der Waals surface area contributed by atoms with Crippen LogP contribution in [0.25, 0.3) is 10.8 Å². The monoisotopic (exact) mass is 1490 g/mol. The van der Waals surface area contributed by atoms with Gasteiger partial charge in [-0.05, 0) is 154 Å². The first kappa shape index (κ1) is 71.7. The molecule has 0 radical (unpaired) electrons. The van der Waals surface area contributed by atoms with Gasteiger partial charge in [0, 0.05) is 35.6 Å². The maximum Gasteiger partial charge on any atom is 0.366 e. The van der Waals surface area contributed by atoms with Crippen molar-refractivity contribution in [2.75, 3.05) is 6.54 Å². The lowest BCUT2D eigenvalue weighted by Crippen LogP contribution is -2.58. The zero-order valence-corrected chi connectivity index (χ0v) is 57.2. The number of fused-ring (bicyclic) bond motifs is 5. The molecule has 0 bridgehead atoms. The molecule has 6 N–H and O–H groups in total. The molecule has 3 unspecified atom stereocenters. The molecule has 19 nitrogen and oxygen atoms in total. The highest BCUT2D eigenvalue weighted by molar-refractivity contribution is 6.45. The molecule has 1 saturated carbocycles. The molecule has 92 heavy (non-hydrogen) atoms. The van der Waals surface area contributed by atoms with E-state index < -0.39 is 35.1 Å². The molecule has 2 fully saturated rings. The van der Waals surface area contributed by atoms with Crippen molar-refractivity contribution in [2.24, 2.45) is 5.92 Å². The number of rotatable bonds is 5. The number of esters is 2. The largest absolute Gasteiger partial charge is 0.478 e. The predicted molar refractivity (Wildman–Crippen MR) is 355 cm³/mol. The van der Waals surface area contributed by atoms with E-state index in [1.54, 1.807) is 42.2 Å². The lowest BCUT2D eigenvalue weighted by atomic mass is 9.93. The third-order valence-corrected chi connectivity index (χ3v) is 19.5. The molecule has 1 aliphatic carbocycles. The van der Waals surface area contributed by atoms with Gasteiger partial charge < -0.3 is 40.5 Å². The van der Waals surface area contributed by atoms with Crippen LogP contribution in [0.15, 0.2) is 82.1 Å². The van der Waals surface area contributed by atoms with E-state index in [2.05, 4.69) is 47.9 Å². The Labute approximate surface area is 583 Å². The maximum absolute atomic E-state index is 12.7. The number of aryl methyl sites for hydroxylation is 1. The normalized spacial score (nSPS) is 18.4. The number of carboxylic acid groups (broad SMARTS) is 1. The van der Waals surface area contributed by atoms with Crippen LogP contribution in [-0.2, 0) is 22.6 Å². The van der Waals surface area contributed by atoms with Crippen molar-refractivity contribution in [1.82, 2.24) is 36.6 Å². The molecule has 1 saturated heterocycles. The number of carbonyl (C=O) groups is 8. The molecular weight excluding hydrogens is 1450 g/mol. The standard InChI is InChI=1S/C17H18Cl2N4O3.C9H5Cl2NO2.C9H7Cl2NO.C9H9Cl2N.C9H6Cl2O3.C8H2Cl2O3/c1-8-11-5-13(19)12(18)4-9(11)6-23(8)16(26)20-7-17(10-2-3-10)14(24)21-15(25)22-17;1-4-5-2-7(10)8(11)3-6(5)9(13)14-12-4;1-4-5-2-7(10)8(11)3-6(5)9(13)12-4;1-5-7-3-9(11)8(10)2-6(7)4-12-5;1-4(12)5-2-7(10)8(11)3-6(5)9(13)14;9-5-1-3-4(2-6(5)10)8(12)13-7(3)11/h4-5,8,10H,2-3,6-7H2,1H3,(H,20,26)(H2,21,22,24,25);2-3H,1H3;2-4H,1H3,(H,12,13);2-3,5,12H,4H2,1H3;2-3H,1H3,(H,13,14);1-2H/t8?,17-;;;;;/m0...../s1. The number of aromatic carboxylic acids is 1. The highest BCUT2D eigenvalue weighted by Gasteiger charge is 2.56. The first-order valence-corrected chi connectivity index (χ1v) is 31.7. The number of ketones is 1. The van der Waals surface area contributed by atoms with E-state index in [0.29, 0.717) is 74.8 Å². The molecule has 6 aliphatic rings. The average Bonchev–Trinajstić information content (AvgIpc) is 1.58. The van der Waals surface area contributed by atoms with E-state index in [0.717, 1.165) is 36.1 Å². The van der Waals surface area contributed by atoms with Crippen LogP contribution in [0.1, 0.15) is 144 Å². The number of imide groups is 1. The number of aromatic nitrogens is 1. The van der Waals surface area contributed by atoms with Crippen molar-refractivity contribution in [1.29, 1.82) is 0 Å². The van der Waals surface area contributed by atoms with Gasteiger partial charge >= 0.3 is 35.6 Å². The second-order valence-electron chi connectivity index (χ2n) is 21.2. The first-order chi connectivity index (χ1) is 43.2. The van der Waals surface area contributed by atoms with Gasteiger partial charge in [-0.1, -0.05) is 144 Å². The van der Waals surface area contributed by atoms with E-state index in [-0.39, 0.29) is 90.5 Å². The highest BCUT2D eigenvalue weighted by atomic mass is 35.5. The second-order valence-corrected chi connectivity index (χ2v) is 26.1. The van der Waals surface area contributed by atoms with Crippen molar-refractivity contribution < 1.29 is 52.7 Å². The van der Waals surface area contributed by atoms with Crippen molar-refractivity contribution in [3.05, 3.63) is 205 Å². The summed E-state index contributed by atoms with van der Waals surface area (Å²) in [5, 5.41) is 31.9. The number of amides is 6. The number of nitrogens with zero attached hydrogens (tertiary/aromatic N) is 2. The summed E-state index contributed by atoms with van der Waals surface area (Å²) < 4.78 is 8.91. The van der Waals surface area contributed by atoms with E-state index in [1.807, 2.05) is 26.0 Å². The van der Waals surface area contributed by atoms with Gasteiger partial charge in [-0.25, -0.2) is 28.8 Å². The zero-order chi connectivity index (χ0) is 67.7. The van der Waals surface area contributed by atoms with Gasteiger partial charge in [0.15, 0.2) is 5.78 Å². The Morgan fingerprint density at radius 3 is 1.62 bits per heavy atom. The Morgan fingerprint density at radius 1 is 0.609 bits per heavy atom. The lowest BCUT2D eigenvalue weighted by Gasteiger charge is -2.29. The summed E-state index contributed by atoms with van der Waals surface area (Å²) in [7, 11) is 0. The minimum atomic E-state index is -1.20. The second kappa shape index (κ2) is 29.7. The van der Waals surface area contributed by atoms with Crippen LogP contribution in [0, 0.1) is 12.8 Å². The summed E-state index contributed by atoms with van der Waals surface area (Å²) in [5.41, 5.74) is 5.29. The van der Waals surface area contributed by atoms with Gasteiger partial charge in [0.25, 0.3) is 11.8 Å². The summed E-state index contributed by atoms with van der Waals surface area (Å²) in [6, 6.07) is 18.4. The summed E-state index contributed by atoms with van der Waals surface area (Å²) >= 11 is 69.8. The van der Waals surface area contributed by atoms with Crippen LogP contribution in [0.2, 0.25) is 60.3 Å². The Balaban J connectivity index is 0.000000146. The van der Waals surface area contributed by atoms with Crippen LogP contribution in [0.3, 0.4) is 0 Å². The molecule has 6 amide bonds. The highest BCUT2D eigenvalue weighted by Crippen LogP contribution is 2.43. The fraction of sp³-hybridized carbons (Fsp3) is 0.246. The molecule has 6 heterocycles. The molecule has 0 spiro atoms. The molecule has 6 aromatic carbocycles. The number of nitrogens with one attached hydrogen (secondary N) is 5. The Bertz CT molecular complexity index is 4240. The fourth-order valence-corrected chi connectivity index (χ4v) is 12.2. The van der Waals surface area contributed by atoms with Crippen LogP contribution in [0.5, 0.6) is 0 Å². The van der Waals surface area contributed by atoms with E-state index in [9.17, 15) is 43.2 Å². The quantitative estimate of drug-likeness (QED) is 0.0405. The molecule has 31 heteroatoms. The number of hydrogen-bond acceptors (Lipinski definition) is 13. The number of Topliss-reactive ketones (excluding diaryl/α,β-unsaturated/α-hetero) is 1. The summed E-state index contributed by atoms with van der Waals surface area (Å²) in [6.07, 6.45) is 1.71. The van der Waals surface area contributed by atoms with Gasteiger partial charge in [0.05, 0.1) is 107 Å². The molecule has 482 valence electrons. The zero-order valence-electron chi connectivity index (χ0n) is 48.1. The van der Waals surface area contributed by atoms with E-state index in [4.69, 9.17) is 144 Å². The Hall–Kier alpha value is -6.14. The summed E-state index contributed by atoms with van der Waals surface area (Å²) in [5.74, 6) is -3.32. The fourth-order valence-electron chi connectivity index (χ4n) is 10.1. The Kier molecular flexibility index (Phi) is 23.1. The Morgan fingerprint density at radius 2 is 1.09 bits per heavy atom. The first-order valence-electron chi connectivity index (χ1n) is 27.1. The SMILES string of the molecule is CC(=O)c1cc(Cl)c(Cl)cc1C(=O)O.CC1NC(=O)c2cc(Cl)c(Cl)cc21.CC1NCc2cc(Cl)c(Cl)cc21.CC1c2cc(Cl)c(Cl)cc2CN1C(=O)NC[C@@]1(C2CC2)NC(=O)NC1=O.Cc1noc(=O)c2cc(Cl)c(Cl)cc12.O=C1OC(=O)c2cc(Cl)c(Cl)cc21. The van der Waals surface area contributed by atoms with Gasteiger partial charge in [-0.15, -0.1) is 0 Å². The number of urea groups is 2. The minimum absolute atomic E-state index is 0.0252. The van der Waals surface area contributed by atoms with Gasteiger partial charge in [-0.3, -0.25) is 19.7 Å². The number of benzene rings is 6. The summed E-state index contributed by atoms with van der Waals surface area (Å²) in [6.45, 7) is 10.3. The third kappa shape index (κ3) is 16.0. The predicted octanol–water partition coefficient (Wildman–Crippen LogP) is 16.5. The number of carbonyl (C=O) groups excluding carboxylic acids is 7. The number of halogens is 12. The van der Waals surface area contributed by atoms with Crippen LogP contribution < -0.4 is 32.2 Å². The number of ether oxygens (including phenoxy) is 1. The molecular formula is C61H47Cl12N7O12. The van der Waals surface area contributed by atoms with Crippen molar-refractivity contribution in [2.45, 2.75) is 84.2 Å². The number of hydrogen-bond donors (Lipinski definition) is 6. The molecule has 13 rings (SSSR count). The minimum Gasteiger partial charge on any atom is -0.478 e. The van der Waals surface area contributed by atoms with Gasteiger partial charge in [-0.2, -0.15) is 0 Å². The number of carboxylic acids is 1. The summed E-state index contributed by atoms with van der Waals surface area (Å²) in [4.78, 5) is 105. The van der Waals surface area contributed by atoms with Crippen LogP contribution in [0.4, 0.5) is 9.59 Å². The van der Waals surface area contributed by atoms with E-state index >= 15 is 0 Å². The smallest absolute Gasteiger partial charge is 0.366 e. The molecule has 5 aliphatic heterocycles. The number of cyclic esters (lactones) is 2. The molecule has 1 aromatic heterocycles.